The maximum atomic E-state index is 15.2. The molecule has 176 valence electrons. The van der Waals surface area contributed by atoms with Crippen LogP contribution in [0.5, 0.6) is 0 Å². The molecule has 2 aromatic heterocycles. The van der Waals surface area contributed by atoms with Gasteiger partial charge in [-0.05, 0) is 81.2 Å². The number of piperidine rings is 1. The van der Waals surface area contributed by atoms with Gasteiger partial charge in [-0.15, -0.1) is 0 Å². The summed E-state index contributed by atoms with van der Waals surface area (Å²) in [4.78, 5) is 11.6. The summed E-state index contributed by atoms with van der Waals surface area (Å²) in [6.07, 6.45) is 6.20. The minimum atomic E-state index is -0.272. The Morgan fingerprint density at radius 3 is 2.48 bits per heavy atom. The largest absolute Gasteiger partial charge is 0.356 e. The summed E-state index contributed by atoms with van der Waals surface area (Å²) in [5.41, 5.74) is 3.13. The molecule has 0 amide bonds. The van der Waals surface area contributed by atoms with Gasteiger partial charge < -0.3 is 14.7 Å². The number of nitrogens with zero attached hydrogens (tertiary/aromatic N) is 4. The molecule has 1 aliphatic heterocycles. The first-order valence-corrected chi connectivity index (χ1v) is 12.3. The molecule has 5 rings (SSSR count). The van der Waals surface area contributed by atoms with Crippen molar-refractivity contribution in [2.24, 2.45) is 5.92 Å². The monoisotopic (exact) mass is 451 g/mol. The first-order chi connectivity index (χ1) is 15.9. The fourth-order valence-corrected chi connectivity index (χ4v) is 5.03. The van der Waals surface area contributed by atoms with Gasteiger partial charge in [0.05, 0.1) is 5.56 Å². The van der Waals surface area contributed by atoms with Crippen molar-refractivity contribution in [1.29, 1.82) is 0 Å². The Hall–Kier alpha value is -2.54. The molecular weight excluding hydrogens is 417 g/mol. The number of fused-ring (bicyclic) bond motifs is 1. The molecule has 1 N–H and O–H groups in total. The van der Waals surface area contributed by atoms with E-state index in [1.54, 1.807) is 6.07 Å². The Balaban J connectivity index is 1.50. The zero-order valence-corrected chi connectivity index (χ0v) is 20.1. The van der Waals surface area contributed by atoms with Crippen LogP contribution in [0.2, 0.25) is 0 Å². The van der Waals surface area contributed by atoms with Crippen LogP contribution < -0.4 is 10.2 Å². The van der Waals surface area contributed by atoms with Gasteiger partial charge in [-0.1, -0.05) is 25.4 Å². The average molecular weight is 452 g/mol. The van der Waals surface area contributed by atoms with E-state index >= 15 is 4.39 Å². The highest BCUT2D eigenvalue weighted by molar-refractivity contribution is 5.93. The molecule has 6 nitrogen and oxygen atoms in total. The lowest BCUT2D eigenvalue weighted by Crippen LogP contribution is -2.45. The van der Waals surface area contributed by atoms with Crippen LogP contribution in [0.1, 0.15) is 68.8 Å². The number of benzene rings is 1. The average Bonchev–Trinajstić information content (AvgIpc) is 3.19. The lowest BCUT2D eigenvalue weighted by atomic mass is 9.85. The van der Waals surface area contributed by atoms with Crippen molar-refractivity contribution in [3.63, 3.8) is 0 Å². The third-order valence-electron chi connectivity index (χ3n) is 7.43. The normalized spacial score (nSPS) is 17.8. The van der Waals surface area contributed by atoms with Gasteiger partial charge >= 0.3 is 0 Å². The predicted molar refractivity (Wildman–Crippen MR) is 129 cm³/mol. The van der Waals surface area contributed by atoms with Crippen molar-refractivity contribution >= 4 is 16.7 Å². The Morgan fingerprint density at radius 2 is 1.88 bits per heavy atom. The highest BCUT2D eigenvalue weighted by Crippen LogP contribution is 2.38. The number of halogens is 1. The van der Waals surface area contributed by atoms with Crippen LogP contribution in [0.25, 0.3) is 22.4 Å². The molecule has 1 aromatic carbocycles. The SMILES string of the molecule is Cc1noc(-c2c(N3CCC(NCC4CCC4)CC3)nc3c(F)cc(C(C)C)cc3c2C)n1. The van der Waals surface area contributed by atoms with Gasteiger partial charge in [0.25, 0.3) is 5.89 Å². The van der Waals surface area contributed by atoms with Crippen molar-refractivity contribution in [3.8, 4) is 11.5 Å². The topological polar surface area (TPSA) is 67.1 Å². The van der Waals surface area contributed by atoms with E-state index in [0.29, 0.717) is 23.3 Å². The summed E-state index contributed by atoms with van der Waals surface area (Å²) in [6.45, 7) is 10.8. The smallest absolute Gasteiger partial charge is 0.261 e. The van der Waals surface area contributed by atoms with E-state index in [2.05, 4.69) is 40.3 Å². The van der Waals surface area contributed by atoms with Crippen molar-refractivity contribution in [1.82, 2.24) is 20.4 Å². The number of rotatable bonds is 6. The van der Waals surface area contributed by atoms with Gasteiger partial charge in [0.1, 0.15) is 17.2 Å². The number of aryl methyl sites for hydroxylation is 2. The molecule has 7 heteroatoms. The molecule has 1 aliphatic carbocycles. The van der Waals surface area contributed by atoms with E-state index in [9.17, 15) is 0 Å². The van der Waals surface area contributed by atoms with Crippen LogP contribution in [0.4, 0.5) is 10.2 Å². The molecule has 1 saturated heterocycles. The van der Waals surface area contributed by atoms with Crippen LogP contribution in [-0.2, 0) is 0 Å². The first kappa shape index (κ1) is 22.3. The zero-order chi connectivity index (χ0) is 23.1. The molecule has 3 heterocycles. The van der Waals surface area contributed by atoms with E-state index < -0.39 is 0 Å². The molecule has 2 fully saturated rings. The fraction of sp³-hybridized carbons (Fsp3) is 0.577. The Kier molecular flexibility index (Phi) is 6.08. The molecule has 0 atom stereocenters. The van der Waals surface area contributed by atoms with E-state index in [1.807, 2.05) is 13.8 Å². The molecule has 0 unspecified atom stereocenters. The van der Waals surface area contributed by atoms with E-state index in [4.69, 9.17) is 9.51 Å². The fourth-order valence-electron chi connectivity index (χ4n) is 5.03. The standard InChI is InChI=1S/C26H34FN5O/c1-15(2)19-12-21-16(3)23(26-29-17(4)31-33-26)25(30-24(21)22(27)13-19)32-10-8-20(9-11-32)28-14-18-6-5-7-18/h12-13,15,18,20,28H,5-11,14H2,1-4H3. The van der Waals surface area contributed by atoms with E-state index in [-0.39, 0.29) is 11.7 Å². The number of pyridine rings is 1. The van der Waals surface area contributed by atoms with Gasteiger partial charge in [0, 0.05) is 24.5 Å². The zero-order valence-electron chi connectivity index (χ0n) is 20.1. The molecule has 33 heavy (non-hydrogen) atoms. The summed E-state index contributed by atoms with van der Waals surface area (Å²) < 4.78 is 20.8. The number of nitrogens with one attached hydrogen (secondary N) is 1. The summed E-state index contributed by atoms with van der Waals surface area (Å²) in [5, 5.41) is 8.59. The Morgan fingerprint density at radius 1 is 1.12 bits per heavy atom. The summed E-state index contributed by atoms with van der Waals surface area (Å²) in [5.74, 6) is 2.59. The van der Waals surface area contributed by atoms with Gasteiger partial charge in [-0.2, -0.15) is 4.98 Å². The van der Waals surface area contributed by atoms with Crippen LogP contribution in [0, 0.1) is 25.6 Å². The maximum absolute atomic E-state index is 15.2. The molecule has 2 aliphatic rings. The van der Waals surface area contributed by atoms with Crippen LogP contribution in [0.3, 0.4) is 0 Å². The van der Waals surface area contributed by atoms with E-state index in [1.165, 1.54) is 19.3 Å². The third kappa shape index (κ3) is 4.35. The van der Waals surface area contributed by atoms with Crippen LogP contribution in [-0.4, -0.2) is 40.8 Å². The molecule has 0 spiro atoms. The Bertz CT molecular complexity index is 1150. The quantitative estimate of drug-likeness (QED) is 0.532. The highest BCUT2D eigenvalue weighted by atomic mass is 19.1. The van der Waals surface area contributed by atoms with Gasteiger partial charge in [-0.3, -0.25) is 0 Å². The van der Waals surface area contributed by atoms with Gasteiger partial charge in [0.15, 0.2) is 5.82 Å². The summed E-state index contributed by atoms with van der Waals surface area (Å²) in [7, 11) is 0. The van der Waals surface area contributed by atoms with Crippen molar-refractivity contribution in [3.05, 3.63) is 34.9 Å². The second-order valence-corrected chi connectivity index (χ2v) is 10.1. The van der Waals surface area contributed by atoms with Gasteiger partial charge in [-0.25, -0.2) is 9.37 Å². The molecule has 1 saturated carbocycles. The second-order valence-electron chi connectivity index (χ2n) is 10.1. The van der Waals surface area contributed by atoms with Crippen LogP contribution >= 0.6 is 0 Å². The second kappa shape index (κ2) is 9.01. The van der Waals surface area contributed by atoms with Crippen molar-refractivity contribution in [2.45, 2.75) is 71.8 Å². The molecule has 0 bridgehead atoms. The lowest BCUT2D eigenvalue weighted by Gasteiger charge is -2.36. The maximum Gasteiger partial charge on any atom is 0.261 e. The van der Waals surface area contributed by atoms with Crippen molar-refractivity contribution < 1.29 is 8.91 Å². The van der Waals surface area contributed by atoms with E-state index in [0.717, 1.165) is 66.3 Å². The van der Waals surface area contributed by atoms with Gasteiger partial charge in [0.2, 0.25) is 0 Å². The number of hydrogen-bond donors (Lipinski definition) is 1. The highest BCUT2D eigenvalue weighted by Gasteiger charge is 2.28. The minimum Gasteiger partial charge on any atom is -0.356 e. The number of anilines is 1. The third-order valence-corrected chi connectivity index (χ3v) is 7.43. The minimum absolute atomic E-state index is 0.225. The number of aromatic nitrogens is 3. The van der Waals surface area contributed by atoms with Crippen molar-refractivity contribution in [2.75, 3.05) is 24.5 Å². The first-order valence-electron chi connectivity index (χ1n) is 12.3. The summed E-state index contributed by atoms with van der Waals surface area (Å²) >= 11 is 0. The Labute approximate surface area is 195 Å². The predicted octanol–water partition coefficient (Wildman–Crippen LogP) is 5.52. The van der Waals surface area contributed by atoms with Crippen LogP contribution in [0.15, 0.2) is 16.7 Å². The molecular formula is C26H34FN5O. The lowest BCUT2D eigenvalue weighted by molar-refractivity contribution is 0.278. The number of hydrogen-bond acceptors (Lipinski definition) is 6. The summed E-state index contributed by atoms with van der Waals surface area (Å²) in [6, 6.07) is 4.21. The molecule has 0 radical (unpaired) electrons. The molecule has 3 aromatic rings.